The molecule has 18 heavy (non-hydrogen) atoms. The molecule has 0 spiro atoms. The minimum Gasteiger partial charge on any atom is -0.378 e. The third-order valence-corrected chi connectivity index (χ3v) is 3.14. The molecule has 1 aliphatic heterocycles. The Bertz CT molecular complexity index is 411. The molecule has 0 atom stereocenters. The highest BCUT2D eigenvalue weighted by Gasteiger charge is 2.14. The van der Waals surface area contributed by atoms with Gasteiger partial charge in [0.2, 0.25) is 0 Å². The van der Waals surface area contributed by atoms with Gasteiger partial charge in [-0.25, -0.2) is 0 Å². The molecule has 1 saturated heterocycles. The van der Waals surface area contributed by atoms with Gasteiger partial charge >= 0.3 is 0 Å². The molecule has 4 nitrogen and oxygen atoms in total. The van der Waals surface area contributed by atoms with E-state index in [-0.39, 0.29) is 0 Å². The largest absolute Gasteiger partial charge is 0.378 e. The quantitative estimate of drug-likeness (QED) is 0.658. The van der Waals surface area contributed by atoms with Gasteiger partial charge < -0.3 is 15.0 Å². The topological polar surface area (TPSA) is 36.9 Å². The van der Waals surface area contributed by atoms with Crippen LogP contribution in [0, 0.1) is 0 Å². The second kappa shape index (κ2) is 6.40. The van der Waals surface area contributed by atoms with Crippen LogP contribution < -0.4 is 10.2 Å². The van der Waals surface area contributed by atoms with Gasteiger partial charge in [-0.05, 0) is 12.1 Å². The summed E-state index contributed by atoms with van der Waals surface area (Å²) in [5, 5.41) is 3.41. The van der Waals surface area contributed by atoms with Crippen molar-refractivity contribution in [3.05, 3.63) is 24.3 Å². The van der Waals surface area contributed by atoms with Crippen molar-refractivity contribution in [2.75, 3.05) is 43.6 Å². The molecule has 2 rings (SSSR count). The van der Waals surface area contributed by atoms with Crippen LogP contribution in [0.5, 0.6) is 0 Å². The molecule has 0 aliphatic carbocycles. The van der Waals surface area contributed by atoms with E-state index in [1.54, 1.807) is 0 Å². The lowest BCUT2D eigenvalue weighted by molar-refractivity contribution is 0.123. The molecule has 1 heterocycles. The molecular formula is C14H21N3O. The fourth-order valence-corrected chi connectivity index (χ4v) is 2.12. The predicted octanol–water partition coefficient (Wildman–Crippen LogP) is 2.37. The van der Waals surface area contributed by atoms with Gasteiger partial charge in [0.05, 0.1) is 24.6 Å². The second-order valence-electron chi connectivity index (χ2n) is 4.27. The first-order chi connectivity index (χ1) is 8.85. The van der Waals surface area contributed by atoms with Gasteiger partial charge in [-0.3, -0.25) is 4.99 Å². The van der Waals surface area contributed by atoms with Crippen molar-refractivity contribution < 1.29 is 4.74 Å². The number of hydrogen-bond donors (Lipinski definition) is 1. The Balaban J connectivity index is 2.19. The van der Waals surface area contributed by atoms with Crippen LogP contribution in [-0.4, -0.2) is 39.2 Å². The van der Waals surface area contributed by atoms with Crippen LogP contribution in [0.4, 0.5) is 11.4 Å². The number of anilines is 2. The molecule has 1 aromatic carbocycles. The Labute approximate surface area is 109 Å². The van der Waals surface area contributed by atoms with Gasteiger partial charge in [0.25, 0.3) is 0 Å². The van der Waals surface area contributed by atoms with Gasteiger partial charge in [0.1, 0.15) is 5.84 Å². The molecule has 1 fully saturated rings. The lowest BCUT2D eigenvalue weighted by Gasteiger charge is -2.30. The molecule has 0 amide bonds. The van der Waals surface area contributed by atoms with E-state index in [1.165, 1.54) is 5.69 Å². The highest BCUT2D eigenvalue weighted by atomic mass is 16.5. The van der Waals surface area contributed by atoms with Gasteiger partial charge in [-0.2, -0.15) is 0 Å². The summed E-state index contributed by atoms with van der Waals surface area (Å²) in [4.78, 5) is 6.61. The number of benzene rings is 1. The summed E-state index contributed by atoms with van der Waals surface area (Å²) < 4.78 is 5.40. The van der Waals surface area contributed by atoms with Crippen LogP contribution in [-0.2, 0) is 4.74 Å². The Hall–Kier alpha value is -1.55. The summed E-state index contributed by atoms with van der Waals surface area (Å²) in [6.45, 7) is 5.60. The average Bonchev–Trinajstić information content (AvgIpc) is 2.46. The summed E-state index contributed by atoms with van der Waals surface area (Å²) in [7, 11) is 1.82. The highest BCUT2D eigenvalue weighted by Crippen LogP contribution is 2.26. The van der Waals surface area contributed by atoms with Crippen molar-refractivity contribution in [1.29, 1.82) is 0 Å². The normalized spacial score (nSPS) is 16.8. The molecule has 0 radical (unpaired) electrons. The van der Waals surface area contributed by atoms with Crippen molar-refractivity contribution in [2.45, 2.75) is 13.3 Å². The molecule has 4 heteroatoms. The summed E-state index contributed by atoms with van der Waals surface area (Å²) in [5.41, 5.74) is 2.36. The molecule has 0 bridgehead atoms. The van der Waals surface area contributed by atoms with Crippen molar-refractivity contribution in [3.63, 3.8) is 0 Å². The zero-order valence-electron chi connectivity index (χ0n) is 11.1. The Kier molecular flexibility index (Phi) is 4.59. The summed E-state index contributed by atoms with van der Waals surface area (Å²) >= 11 is 0. The maximum atomic E-state index is 5.40. The van der Waals surface area contributed by atoms with Crippen molar-refractivity contribution in [1.82, 2.24) is 0 Å². The lowest BCUT2D eigenvalue weighted by Crippen LogP contribution is -2.36. The minimum atomic E-state index is 0.802. The molecule has 1 N–H and O–H groups in total. The van der Waals surface area contributed by atoms with E-state index in [0.29, 0.717) is 0 Å². The first-order valence-corrected chi connectivity index (χ1v) is 6.49. The van der Waals surface area contributed by atoms with E-state index in [1.807, 2.05) is 7.05 Å². The smallest absolute Gasteiger partial charge is 0.100 e. The lowest BCUT2D eigenvalue weighted by atomic mass is 10.2. The van der Waals surface area contributed by atoms with E-state index in [4.69, 9.17) is 4.74 Å². The number of hydrogen-bond acceptors (Lipinski definition) is 3. The van der Waals surface area contributed by atoms with Crippen LogP contribution in [0.25, 0.3) is 0 Å². The van der Waals surface area contributed by atoms with Gasteiger partial charge in [0, 0.05) is 26.6 Å². The van der Waals surface area contributed by atoms with E-state index in [2.05, 4.69) is 46.4 Å². The standard InChI is InChI=1S/C14H21N3O/c1-3-14(15-2)16-12-6-4-5-7-13(12)17-8-10-18-11-9-17/h4-7H,3,8-11H2,1-2H3,(H,15,16). The molecule has 0 saturated carbocycles. The van der Waals surface area contributed by atoms with Crippen LogP contribution in [0.2, 0.25) is 0 Å². The first kappa shape index (κ1) is 12.9. The zero-order chi connectivity index (χ0) is 12.8. The summed E-state index contributed by atoms with van der Waals surface area (Å²) in [6.07, 6.45) is 0.911. The fraction of sp³-hybridized carbons (Fsp3) is 0.500. The average molecular weight is 247 g/mol. The van der Waals surface area contributed by atoms with Gasteiger partial charge in [-0.1, -0.05) is 19.1 Å². The van der Waals surface area contributed by atoms with Gasteiger partial charge in [0.15, 0.2) is 0 Å². The van der Waals surface area contributed by atoms with E-state index < -0.39 is 0 Å². The Morgan fingerprint density at radius 1 is 1.33 bits per heavy atom. The van der Waals surface area contributed by atoms with Crippen molar-refractivity contribution in [3.8, 4) is 0 Å². The minimum absolute atomic E-state index is 0.802. The van der Waals surface area contributed by atoms with Crippen molar-refractivity contribution >= 4 is 17.2 Å². The molecular weight excluding hydrogens is 226 g/mol. The van der Waals surface area contributed by atoms with E-state index in [0.717, 1.165) is 44.2 Å². The fourth-order valence-electron chi connectivity index (χ4n) is 2.12. The van der Waals surface area contributed by atoms with Crippen LogP contribution >= 0.6 is 0 Å². The molecule has 0 aromatic heterocycles. The number of aliphatic imine (C=N–C) groups is 1. The maximum absolute atomic E-state index is 5.40. The number of ether oxygens (including phenoxy) is 1. The van der Waals surface area contributed by atoms with Crippen LogP contribution in [0.15, 0.2) is 29.3 Å². The highest BCUT2D eigenvalue weighted by molar-refractivity contribution is 5.98. The number of amidine groups is 1. The van der Waals surface area contributed by atoms with Crippen LogP contribution in [0.3, 0.4) is 0 Å². The van der Waals surface area contributed by atoms with Crippen molar-refractivity contribution in [2.24, 2.45) is 4.99 Å². The molecule has 98 valence electrons. The van der Waals surface area contributed by atoms with Crippen LogP contribution in [0.1, 0.15) is 13.3 Å². The third-order valence-electron chi connectivity index (χ3n) is 3.14. The third kappa shape index (κ3) is 3.01. The Morgan fingerprint density at radius 3 is 2.72 bits per heavy atom. The SMILES string of the molecule is CCC(=NC)Nc1ccccc1N1CCOCC1. The number of rotatable bonds is 3. The zero-order valence-corrected chi connectivity index (χ0v) is 11.1. The molecule has 0 unspecified atom stereocenters. The summed E-state index contributed by atoms with van der Waals surface area (Å²) in [5.74, 6) is 1.01. The monoisotopic (exact) mass is 247 g/mol. The van der Waals surface area contributed by atoms with E-state index in [9.17, 15) is 0 Å². The number of nitrogens with one attached hydrogen (secondary N) is 1. The van der Waals surface area contributed by atoms with E-state index >= 15 is 0 Å². The Morgan fingerprint density at radius 2 is 2.06 bits per heavy atom. The maximum Gasteiger partial charge on any atom is 0.100 e. The second-order valence-corrected chi connectivity index (χ2v) is 4.27. The molecule has 1 aromatic rings. The first-order valence-electron chi connectivity index (χ1n) is 6.49. The number of nitrogens with zero attached hydrogens (tertiary/aromatic N) is 2. The summed E-state index contributed by atoms with van der Waals surface area (Å²) in [6, 6.07) is 8.38. The van der Waals surface area contributed by atoms with Gasteiger partial charge in [-0.15, -0.1) is 0 Å². The number of para-hydroxylation sites is 2. The molecule has 1 aliphatic rings. The predicted molar refractivity (Wildman–Crippen MR) is 76.7 cm³/mol. The number of morpholine rings is 1.